The van der Waals surface area contributed by atoms with Crippen LogP contribution in [0, 0.1) is 19.8 Å². The average Bonchev–Trinajstić information content (AvgIpc) is 3.04. The number of amides is 1. The van der Waals surface area contributed by atoms with Crippen molar-refractivity contribution in [2.24, 2.45) is 5.92 Å². The minimum absolute atomic E-state index is 0.0769. The third-order valence-electron chi connectivity index (χ3n) is 6.42. The summed E-state index contributed by atoms with van der Waals surface area (Å²) >= 11 is 6.63. The molecule has 0 spiro atoms. The summed E-state index contributed by atoms with van der Waals surface area (Å²) in [4.78, 5) is 19.7. The maximum Gasteiger partial charge on any atom is 0.226 e. The van der Waals surface area contributed by atoms with E-state index in [0.29, 0.717) is 11.9 Å². The summed E-state index contributed by atoms with van der Waals surface area (Å²) in [6, 6.07) is 10.8. The summed E-state index contributed by atoms with van der Waals surface area (Å²) in [7, 11) is 0. The van der Waals surface area contributed by atoms with Crippen LogP contribution < -0.4 is 0 Å². The molecule has 1 unspecified atom stereocenters. The van der Waals surface area contributed by atoms with Crippen molar-refractivity contribution in [3.63, 3.8) is 0 Å². The van der Waals surface area contributed by atoms with Crippen molar-refractivity contribution in [3.05, 3.63) is 52.3 Å². The van der Waals surface area contributed by atoms with Gasteiger partial charge in [0.2, 0.25) is 5.91 Å². The van der Waals surface area contributed by atoms with Gasteiger partial charge in [-0.1, -0.05) is 49.1 Å². The molecule has 1 aromatic heterocycles. The molecule has 1 amide bonds. The zero-order valence-corrected chi connectivity index (χ0v) is 17.6. The van der Waals surface area contributed by atoms with Crippen LogP contribution in [-0.2, 0) is 11.2 Å². The molecule has 1 aliphatic heterocycles. The Morgan fingerprint density at radius 2 is 1.86 bits per heavy atom. The lowest BCUT2D eigenvalue weighted by Gasteiger charge is -2.31. The van der Waals surface area contributed by atoms with Crippen LogP contribution in [0.2, 0.25) is 5.02 Å². The van der Waals surface area contributed by atoms with Gasteiger partial charge >= 0.3 is 0 Å². The van der Waals surface area contributed by atoms with Crippen molar-refractivity contribution in [1.29, 1.82) is 0 Å². The summed E-state index contributed by atoms with van der Waals surface area (Å²) in [5.74, 6) is 0.415. The lowest BCUT2D eigenvalue weighted by Crippen LogP contribution is -2.39. The molecule has 148 valence electrons. The largest absolute Gasteiger partial charge is 0.339 e. The Morgan fingerprint density at radius 1 is 1.07 bits per heavy atom. The molecule has 0 N–H and O–H groups in total. The topological polar surface area (TPSA) is 33.2 Å². The van der Waals surface area contributed by atoms with E-state index in [9.17, 15) is 4.79 Å². The molecule has 2 aromatic rings. The third kappa shape index (κ3) is 3.96. The molecule has 2 heterocycles. The first-order valence-corrected chi connectivity index (χ1v) is 10.9. The number of rotatable bonds is 4. The van der Waals surface area contributed by atoms with Gasteiger partial charge < -0.3 is 4.90 Å². The molecule has 0 radical (unpaired) electrons. The van der Waals surface area contributed by atoms with Gasteiger partial charge in [-0.05, 0) is 62.8 Å². The fraction of sp³-hybridized carbons (Fsp3) is 0.500. The van der Waals surface area contributed by atoms with Crippen molar-refractivity contribution in [2.45, 2.75) is 64.8 Å². The van der Waals surface area contributed by atoms with Crippen molar-refractivity contribution in [2.75, 3.05) is 6.54 Å². The highest BCUT2D eigenvalue weighted by Gasteiger charge is 2.36. The van der Waals surface area contributed by atoms with Gasteiger partial charge in [0.05, 0.1) is 0 Å². The van der Waals surface area contributed by atoms with Crippen LogP contribution >= 0.6 is 11.6 Å². The maximum absolute atomic E-state index is 13.0. The van der Waals surface area contributed by atoms with Crippen molar-refractivity contribution in [1.82, 2.24) is 9.88 Å². The second-order valence-corrected chi connectivity index (χ2v) is 8.81. The molecule has 28 heavy (non-hydrogen) atoms. The minimum Gasteiger partial charge on any atom is -0.339 e. The summed E-state index contributed by atoms with van der Waals surface area (Å²) in [5.41, 5.74) is 5.30. The predicted molar refractivity (Wildman–Crippen MR) is 115 cm³/mol. The Kier molecular flexibility index (Phi) is 5.73. The number of aryl methyl sites for hydroxylation is 2. The van der Waals surface area contributed by atoms with Crippen LogP contribution in [-0.4, -0.2) is 28.4 Å². The third-order valence-corrected chi connectivity index (χ3v) is 6.77. The zero-order valence-electron chi connectivity index (χ0n) is 16.9. The van der Waals surface area contributed by atoms with E-state index in [4.69, 9.17) is 11.6 Å². The fourth-order valence-electron chi connectivity index (χ4n) is 4.85. The van der Waals surface area contributed by atoms with E-state index in [2.05, 4.69) is 28.1 Å². The van der Waals surface area contributed by atoms with Crippen molar-refractivity contribution < 1.29 is 4.79 Å². The second-order valence-electron chi connectivity index (χ2n) is 8.40. The highest BCUT2D eigenvalue weighted by atomic mass is 35.5. The average molecular weight is 397 g/mol. The Hall–Kier alpha value is -1.87. The van der Waals surface area contributed by atoms with Gasteiger partial charge in [0.1, 0.15) is 0 Å². The monoisotopic (exact) mass is 396 g/mol. The van der Waals surface area contributed by atoms with Crippen molar-refractivity contribution in [3.8, 4) is 11.1 Å². The lowest BCUT2D eigenvalue weighted by atomic mass is 9.93. The fourth-order valence-corrected chi connectivity index (χ4v) is 5.10. The lowest BCUT2D eigenvalue weighted by molar-refractivity contribution is -0.133. The zero-order chi connectivity index (χ0) is 19.7. The number of carbonyl (C=O) groups excluding carboxylic acids is 1. The number of nitrogens with zero attached hydrogens (tertiary/aromatic N) is 2. The number of pyridine rings is 1. The quantitative estimate of drug-likeness (QED) is 0.659. The van der Waals surface area contributed by atoms with Gasteiger partial charge in [-0.15, -0.1) is 0 Å². The molecule has 4 rings (SSSR count). The van der Waals surface area contributed by atoms with E-state index in [1.54, 1.807) is 0 Å². The molecule has 2 fully saturated rings. The SMILES string of the molecule is Cc1ccc(-c2ccc(CC3CCN(C4CCCCC4)C3=O)c(Cl)c2)c(C)n1. The number of hydrogen-bond acceptors (Lipinski definition) is 2. The number of carbonyl (C=O) groups is 1. The molecular formula is C24H29ClN2O. The molecular weight excluding hydrogens is 368 g/mol. The Bertz CT molecular complexity index is 873. The van der Waals surface area contributed by atoms with E-state index in [-0.39, 0.29) is 5.92 Å². The van der Waals surface area contributed by atoms with Crippen LogP contribution in [0.4, 0.5) is 0 Å². The summed E-state index contributed by atoms with van der Waals surface area (Å²) in [6.07, 6.45) is 7.90. The molecule has 0 bridgehead atoms. The van der Waals surface area contributed by atoms with Crippen LogP contribution in [0.5, 0.6) is 0 Å². The summed E-state index contributed by atoms with van der Waals surface area (Å²) in [6.45, 7) is 4.95. The van der Waals surface area contributed by atoms with Gasteiger partial charge in [0, 0.05) is 40.5 Å². The molecule has 1 aromatic carbocycles. The number of likely N-dealkylation sites (tertiary alicyclic amines) is 1. The van der Waals surface area contributed by atoms with Crippen LogP contribution in [0.3, 0.4) is 0 Å². The van der Waals surface area contributed by atoms with E-state index in [1.165, 1.54) is 32.1 Å². The highest BCUT2D eigenvalue weighted by molar-refractivity contribution is 6.31. The predicted octanol–water partition coefficient (Wildman–Crippen LogP) is 5.74. The highest BCUT2D eigenvalue weighted by Crippen LogP contribution is 2.33. The molecule has 1 saturated heterocycles. The van der Waals surface area contributed by atoms with Crippen LogP contribution in [0.25, 0.3) is 11.1 Å². The normalized spacial score (nSPS) is 20.8. The van der Waals surface area contributed by atoms with E-state index >= 15 is 0 Å². The Morgan fingerprint density at radius 3 is 2.57 bits per heavy atom. The Labute approximate surface area is 173 Å². The van der Waals surface area contributed by atoms with Gasteiger partial charge in [-0.3, -0.25) is 9.78 Å². The van der Waals surface area contributed by atoms with E-state index < -0.39 is 0 Å². The molecule has 2 aliphatic rings. The molecule has 3 nitrogen and oxygen atoms in total. The molecule has 1 saturated carbocycles. The molecule has 4 heteroatoms. The smallest absolute Gasteiger partial charge is 0.226 e. The minimum atomic E-state index is 0.0769. The van der Waals surface area contributed by atoms with Gasteiger partial charge in [0.25, 0.3) is 0 Å². The number of benzene rings is 1. The van der Waals surface area contributed by atoms with Crippen LogP contribution in [0.15, 0.2) is 30.3 Å². The number of halogens is 1. The van der Waals surface area contributed by atoms with Gasteiger partial charge in [-0.2, -0.15) is 0 Å². The molecule has 1 aliphatic carbocycles. The summed E-state index contributed by atoms with van der Waals surface area (Å²) < 4.78 is 0. The first kappa shape index (κ1) is 19.4. The van der Waals surface area contributed by atoms with E-state index in [1.807, 2.05) is 26.0 Å². The number of aromatic nitrogens is 1. The molecule has 1 atom stereocenters. The van der Waals surface area contributed by atoms with Gasteiger partial charge in [-0.25, -0.2) is 0 Å². The number of hydrogen-bond donors (Lipinski definition) is 0. The maximum atomic E-state index is 13.0. The van der Waals surface area contributed by atoms with Crippen molar-refractivity contribution >= 4 is 17.5 Å². The van der Waals surface area contributed by atoms with Crippen LogP contribution in [0.1, 0.15) is 55.5 Å². The second kappa shape index (κ2) is 8.24. The standard InChI is InChI=1S/C24H29ClN2O/c1-16-8-11-22(17(2)26-16)18-9-10-19(23(25)15-18)14-20-12-13-27(24(20)28)21-6-4-3-5-7-21/h8-11,15,20-21H,3-7,12-14H2,1-2H3. The summed E-state index contributed by atoms with van der Waals surface area (Å²) in [5, 5.41) is 0.751. The van der Waals surface area contributed by atoms with Gasteiger partial charge in [0.15, 0.2) is 0 Å². The Balaban J connectivity index is 1.47. The van der Waals surface area contributed by atoms with E-state index in [0.717, 1.165) is 52.5 Å². The first-order chi connectivity index (χ1) is 13.5. The first-order valence-electron chi connectivity index (χ1n) is 10.6.